The van der Waals surface area contributed by atoms with Gasteiger partial charge in [0, 0.05) is 26.7 Å². The number of carboxylic acids is 1. The molecule has 7 nitrogen and oxygen atoms in total. The normalized spacial score (nSPS) is 23.2. The Morgan fingerprint density at radius 3 is 2.62 bits per heavy atom. The number of hydrogen-bond donors (Lipinski definition) is 2. The third kappa shape index (κ3) is 4.81. The van der Waals surface area contributed by atoms with Crippen molar-refractivity contribution in [3.63, 3.8) is 0 Å². The third-order valence-electron chi connectivity index (χ3n) is 5.08. The van der Waals surface area contributed by atoms with Crippen LogP contribution in [-0.2, 0) is 20.7 Å². The SMILES string of the molecule is COCCN(C)CC(=O)N1CC[C@](Cc2ccccc2)(C(=O)O)[C@H](O)C1. The molecule has 1 heterocycles. The molecular weight excluding hydrogens is 336 g/mol. The molecule has 1 saturated heterocycles. The van der Waals surface area contributed by atoms with Crippen molar-refractivity contribution in [3.05, 3.63) is 35.9 Å². The zero-order valence-electron chi connectivity index (χ0n) is 15.4. The predicted molar refractivity (Wildman–Crippen MR) is 96.8 cm³/mol. The number of aliphatic hydroxyl groups is 1. The smallest absolute Gasteiger partial charge is 0.312 e. The molecule has 0 unspecified atom stereocenters. The van der Waals surface area contributed by atoms with E-state index in [4.69, 9.17) is 4.74 Å². The molecule has 7 heteroatoms. The number of nitrogens with zero attached hydrogens (tertiary/aromatic N) is 2. The molecule has 2 atom stereocenters. The summed E-state index contributed by atoms with van der Waals surface area (Å²) in [6, 6.07) is 9.30. The molecular formula is C19H28N2O5. The number of likely N-dealkylation sites (tertiary alicyclic amines) is 1. The molecule has 0 bridgehead atoms. The van der Waals surface area contributed by atoms with Gasteiger partial charge in [-0.05, 0) is 25.5 Å². The highest BCUT2D eigenvalue weighted by Gasteiger charge is 2.49. The zero-order valence-corrected chi connectivity index (χ0v) is 15.4. The van der Waals surface area contributed by atoms with E-state index in [1.807, 2.05) is 42.3 Å². The Bertz CT molecular complexity index is 609. The minimum absolute atomic E-state index is 0.0378. The van der Waals surface area contributed by atoms with E-state index in [1.165, 1.54) is 0 Å². The summed E-state index contributed by atoms with van der Waals surface area (Å²) in [6.45, 7) is 1.75. The first kappa shape index (κ1) is 20.4. The van der Waals surface area contributed by atoms with Gasteiger partial charge in [-0.3, -0.25) is 14.5 Å². The first-order valence-electron chi connectivity index (χ1n) is 8.79. The first-order valence-corrected chi connectivity index (χ1v) is 8.79. The maximum atomic E-state index is 12.4. The number of aliphatic hydroxyl groups excluding tert-OH is 1. The van der Waals surface area contributed by atoms with Gasteiger partial charge < -0.3 is 19.8 Å². The number of ether oxygens (including phenoxy) is 1. The van der Waals surface area contributed by atoms with Crippen LogP contribution < -0.4 is 0 Å². The Kier molecular flexibility index (Phi) is 7.14. The average Bonchev–Trinajstić information content (AvgIpc) is 2.62. The van der Waals surface area contributed by atoms with Gasteiger partial charge in [0.15, 0.2) is 0 Å². The van der Waals surface area contributed by atoms with Gasteiger partial charge >= 0.3 is 5.97 Å². The van der Waals surface area contributed by atoms with Gasteiger partial charge in [0.25, 0.3) is 0 Å². The Hall–Kier alpha value is -1.96. The first-order chi connectivity index (χ1) is 12.4. The lowest BCUT2D eigenvalue weighted by molar-refractivity contribution is -0.166. The van der Waals surface area contributed by atoms with Gasteiger partial charge in [-0.2, -0.15) is 0 Å². The van der Waals surface area contributed by atoms with Gasteiger partial charge in [0.2, 0.25) is 5.91 Å². The highest BCUT2D eigenvalue weighted by atomic mass is 16.5. The number of amides is 1. The van der Waals surface area contributed by atoms with Gasteiger partial charge in [-0.15, -0.1) is 0 Å². The molecule has 1 amide bonds. The largest absolute Gasteiger partial charge is 0.481 e. The fraction of sp³-hybridized carbons (Fsp3) is 0.579. The number of carbonyl (C=O) groups excluding carboxylic acids is 1. The molecule has 1 aromatic carbocycles. The van der Waals surface area contributed by atoms with Crippen molar-refractivity contribution < 1.29 is 24.5 Å². The molecule has 1 aliphatic heterocycles. The number of hydrogen-bond acceptors (Lipinski definition) is 5. The second-order valence-corrected chi connectivity index (χ2v) is 6.96. The second-order valence-electron chi connectivity index (χ2n) is 6.96. The van der Waals surface area contributed by atoms with Crippen molar-refractivity contribution in [2.24, 2.45) is 5.41 Å². The fourth-order valence-corrected chi connectivity index (χ4v) is 3.35. The van der Waals surface area contributed by atoms with Gasteiger partial charge in [-0.1, -0.05) is 30.3 Å². The van der Waals surface area contributed by atoms with E-state index in [0.29, 0.717) is 19.7 Å². The number of rotatable bonds is 8. The van der Waals surface area contributed by atoms with E-state index in [9.17, 15) is 19.8 Å². The summed E-state index contributed by atoms with van der Waals surface area (Å²) < 4.78 is 4.99. The Labute approximate surface area is 154 Å². The predicted octanol–water partition coefficient (Wildman–Crippen LogP) is 0.472. The van der Waals surface area contributed by atoms with Crippen LogP contribution >= 0.6 is 0 Å². The number of likely N-dealkylation sites (N-methyl/N-ethyl adjacent to an activating group) is 1. The molecule has 0 saturated carbocycles. The van der Waals surface area contributed by atoms with Crippen molar-refractivity contribution in [1.29, 1.82) is 0 Å². The van der Waals surface area contributed by atoms with Crippen LogP contribution in [-0.4, -0.2) is 84.9 Å². The summed E-state index contributed by atoms with van der Waals surface area (Å²) in [4.78, 5) is 27.8. The summed E-state index contributed by atoms with van der Waals surface area (Å²) in [5.41, 5.74) is -0.395. The number of carboxylic acid groups (broad SMARTS) is 1. The van der Waals surface area contributed by atoms with Gasteiger partial charge in [0.05, 0.1) is 19.3 Å². The maximum absolute atomic E-state index is 12.4. The summed E-state index contributed by atoms with van der Waals surface area (Å²) in [5.74, 6) is -1.13. The lowest BCUT2D eigenvalue weighted by Gasteiger charge is -2.43. The minimum atomic E-state index is -1.26. The van der Waals surface area contributed by atoms with E-state index in [2.05, 4.69) is 0 Å². The molecule has 1 aliphatic rings. The molecule has 2 N–H and O–H groups in total. The highest BCUT2D eigenvalue weighted by Crippen LogP contribution is 2.36. The monoisotopic (exact) mass is 364 g/mol. The van der Waals surface area contributed by atoms with Crippen LogP contribution in [0.2, 0.25) is 0 Å². The summed E-state index contributed by atoms with van der Waals surface area (Å²) >= 11 is 0. The van der Waals surface area contributed by atoms with Gasteiger partial charge in [-0.25, -0.2) is 0 Å². The molecule has 144 valence electrons. The van der Waals surface area contributed by atoms with E-state index in [-0.39, 0.29) is 31.8 Å². The van der Waals surface area contributed by atoms with E-state index in [1.54, 1.807) is 12.0 Å². The summed E-state index contributed by atoms with van der Waals surface area (Å²) in [5, 5.41) is 20.4. The molecule has 1 aromatic rings. The lowest BCUT2D eigenvalue weighted by Crippen LogP contribution is -2.58. The lowest BCUT2D eigenvalue weighted by atomic mass is 9.71. The van der Waals surface area contributed by atoms with Crippen molar-refractivity contribution >= 4 is 11.9 Å². The standard InChI is InChI=1S/C19H28N2O5/c1-20(10-11-26-2)14-17(23)21-9-8-19(18(24)25,16(22)13-21)12-15-6-4-3-5-7-15/h3-7,16,22H,8-14H2,1-2H3,(H,24,25)/t16-,19-/m1/s1. The van der Waals surface area contributed by atoms with Crippen LogP contribution in [0.25, 0.3) is 0 Å². The Balaban J connectivity index is 2.02. The van der Waals surface area contributed by atoms with Crippen molar-refractivity contribution in [2.45, 2.75) is 18.9 Å². The highest BCUT2D eigenvalue weighted by molar-refractivity contribution is 5.80. The second kappa shape index (κ2) is 9.12. The fourth-order valence-electron chi connectivity index (χ4n) is 3.35. The van der Waals surface area contributed by atoms with Crippen molar-refractivity contribution in [2.75, 3.05) is 46.9 Å². The van der Waals surface area contributed by atoms with Crippen molar-refractivity contribution in [3.8, 4) is 0 Å². The number of benzene rings is 1. The van der Waals surface area contributed by atoms with Crippen molar-refractivity contribution in [1.82, 2.24) is 9.80 Å². The number of carbonyl (C=O) groups is 2. The number of aliphatic carboxylic acids is 1. The molecule has 1 fully saturated rings. The van der Waals surface area contributed by atoms with E-state index in [0.717, 1.165) is 5.56 Å². The van der Waals surface area contributed by atoms with Gasteiger partial charge in [0.1, 0.15) is 5.41 Å². The topological polar surface area (TPSA) is 90.3 Å². The third-order valence-corrected chi connectivity index (χ3v) is 5.08. The number of β-amino-alcohol motifs (C(OH)–C–C–N with tert-alkyl or cyclic N) is 1. The molecule has 26 heavy (non-hydrogen) atoms. The molecule has 0 radical (unpaired) electrons. The number of piperidine rings is 1. The van der Waals surface area contributed by atoms with E-state index >= 15 is 0 Å². The van der Waals surface area contributed by atoms with Crippen LogP contribution in [0.1, 0.15) is 12.0 Å². The maximum Gasteiger partial charge on any atom is 0.312 e. The van der Waals surface area contributed by atoms with Crippen LogP contribution in [0, 0.1) is 5.41 Å². The molecule has 2 rings (SSSR count). The van der Waals surface area contributed by atoms with Crippen LogP contribution in [0.4, 0.5) is 0 Å². The van der Waals surface area contributed by atoms with Crippen LogP contribution in [0.3, 0.4) is 0 Å². The Morgan fingerprint density at radius 2 is 2.04 bits per heavy atom. The average molecular weight is 364 g/mol. The summed E-state index contributed by atoms with van der Waals surface area (Å²) in [7, 11) is 3.43. The molecule has 0 spiro atoms. The molecule has 0 aliphatic carbocycles. The van der Waals surface area contributed by atoms with E-state index < -0.39 is 17.5 Å². The number of methoxy groups -OCH3 is 1. The summed E-state index contributed by atoms with van der Waals surface area (Å²) in [6.07, 6.45) is -0.631. The quantitative estimate of drug-likeness (QED) is 0.697. The zero-order chi connectivity index (χ0) is 19.2. The van der Waals surface area contributed by atoms with Crippen LogP contribution in [0.5, 0.6) is 0 Å². The Morgan fingerprint density at radius 1 is 1.35 bits per heavy atom. The minimum Gasteiger partial charge on any atom is -0.481 e. The molecule has 0 aromatic heterocycles. The van der Waals surface area contributed by atoms with Crippen LogP contribution in [0.15, 0.2) is 30.3 Å².